The Morgan fingerprint density at radius 2 is 0.552 bits per heavy atom. The molecular weight excluding hydrogens is 1430 g/mol. The fourth-order valence-electron chi connectivity index (χ4n) is 10.5. The molecule has 0 saturated heterocycles. The largest absolute Gasteiger partial charge is 0.508 e. The van der Waals surface area contributed by atoms with Crippen LogP contribution in [0.5, 0.6) is 5.75 Å². The molecule has 0 bridgehead atoms. The smallest absolute Gasteiger partial charge is 0.261 e. The van der Waals surface area contributed by atoms with Crippen LogP contribution in [-0.2, 0) is 41.6 Å². The highest BCUT2D eigenvalue weighted by Crippen LogP contribution is 2.51. The van der Waals surface area contributed by atoms with Gasteiger partial charge in [0.2, 0.25) is 5.91 Å². The second-order valence-electron chi connectivity index (χ2n) is 21.5. The van der Waals surface area contributed by atoms with Crippen molar-refractivity contribution in [3.63, 3.8) is 0 Å². The van der Waals surface area contributed by atoms with Crippen LogP contribution in [0.2, 0.25) is 40.2 Å². The predicted molar refractivity (Wildman–Crippen MR) is 348 cm³/mol. The van der Waals surface area contributed by atoms with Crippen molar-refractivity contribution in [3.05, 3.63) is 247 Å². The molecule has 11 N–H and O–H groups in total. The van der Waals surface area contributed by atoms with Crippen molar-refractivity contribution in [1.29, 1.82) is 0 Å². The Labute approximate surface area is 578 Å². The monoisotopic (exact) mass is 1470 g/mol. The molecule has 96 heavy (non-hydrogen) atoms. The summed E-state index contributed by atoms with van der Waals surface area (Å²) >= 11 is 48.2. The molecule has 19 nitrogen and oxygen atoms in total. The number of fused-ring (bicyclic) bond motifs is 4. The first-order chi connectivity index (χ1) is 45.0. The molecule has 4 aliphatic rings. The van der Waals surface area contributed by atoms with E-state index in [4.69, 9.17) is 98.5 Å². The van der Waals surface area contributed by atoms with E-state index in [1.807, 2.05) is 0 Å². The van der Waals surface area contributed by atoms with Crippen LogP contribution in [-0.4, -0.2) is 78.2 Å². The van der Waals surface area contributed by atoms with Gasteiger partial charge in [0.1, 0.15) is 5.75 Å². The van der Waals surface area contributed by atoms with E-state index in [1.165, 1.54) is 97.1 Å². The fourth-order valence-corrected chi connectivity index (χ4v) is 12.5. The summed E-state index contributed by atoms with van der Waals surface area (Å²) in [4.78, 5) is 109. The molecule has 8 aromatic rings. The molecule has 5 amide bonds. The third-order valence-corrected chi connectivity index (χ3v) is 17.9. The summed E-state index contributed by atoms with van der Waals surface area (Å²) in [5.74, 6) is -11.0. The molecule has 4 aliphatic heterocycles. The number of amides is 5. The Morgan fingerprint density at radius 1 is 0.333 bits per heavy atom. The Hall–Kier alpha value is -8.53. The summed E-state index contributed by atoms with van der Waals surface area (Å²) in [6.07, 6.45) is -2.41. The number of primary amides is 1. The summed E-state index contributed by atoms with van der Waals surface area (Å²) in [7, 11) is 0. The molecule has 12 rings (SSSR count). The maximum absolute atomic E-state index is 13.3. The summed E-state index contributed by atoms with van der Waals surface area (Å²) in [5.41, 5.74) is -2.41. The molecule has 0 unspecified atom stereocenters. The van der Waals surface area contributed by atoms with Gasteiger partial charge in [0.25, 0.3) is 23.6 Å². The van der Waals surface area contributed by atoms with E-state index >= 15 is 0 Å². The van der Waals surface area contributed by atoms with Crippen LogP contribution in [0.15, 0.2) is 133 Å². The number of phenolic OH excluding ortho intramolecular Hbond substituents is 1. The highest BCUT2D eigenvalue weighted by Gasteiger charge is 2.53. The van der Waals surface area contributed by atoms with Crippen LogP contribution in [0.3, 0.4) is 0 Å². The third-order valence-electron chi connectivity index (χ3n) is 15.4. The van der Waals surface area contributed by atoms with Gasteiger partial charge < -0.3 is 52.5 Å². The number of aliphatic hydroxyl groups is 4. The number of aromatic hydroxyl groups is 1. The van der Waals surface area contributed by atoms with Gasteiger partial charge in [-0.2, -0.15) is 0 Å². The number of hydrogen-bond acceptors (Lipinski definition) is 14. The van der Waals surface area contributed by atoms with E-state index in [0.717, 1.165) is 24.3 Å². The zero-order chi connectivity index (χ0) is 70.4. The van der Waals surface area contributed by atoms with E-state index in [-0.39, 0.29) is 119 Å². The average molecular weight is 1480 g/mol. The molecule has 4 atom stereocenters. The molecule has 0 spiro atoms. The SMILES string of the molecule is NC(=O)c1ccc(C(=O)C[C@@]2(O)C(=O)Nc3c(Cl)ccc(Cl)c32)cc1.O=C(C[C@@]1(O)C(=O)Nc2c(Cl)ccc(Cl)c21)c1ccc(F)c(F)c1.O=C(C[C@@]1(O)C(=O)Nc2c(Cl)ccc(Cl)c21)c1ccc(O)cc1.O=C(C[C@]1(O)C(=O)Nc2c(Cl)ccc(Cl)c21)c1ccc(F)c(F)c1. The van der Waals surface area contributed by atoms with Crippen molar-refractivity contribution in [2.24, 2.45) is 5.73 Å². The van der Waals surface area contributed by atoms with Crippen molar-refractivity contribution in [3.8, 4) is 5.75 Å². The summed E-state index contributed by atoms with van der Waals surface area (Å²) in [6.45, 7) is 0. The Morgan fingerprint density at radius 3 is 0.802 bits per heavy atom. The van der Waals surface area contributed by atoms with Crippen LogP contribution in [0.1, 0.15) is 99.7 Å². The lowest BCUT2D eigenvalue weighted by molar-refractivity contribution is -0.133. The summed E-state index contributed by atoms with van der Waals surface area (Å²) in [5, 5.41) is 63.1. The van der Waals surface area contributed by atoms with E-state index in [0.29, 0.717) is 12.1 Å². The lowest BCUT2D eigenvalue weighted by Gasteiger charge is -2.21. The van der Waals surface area contributed by atoms with Gasteiger partial charge in [-0.15, -0.1) is 0 Å². The molecule has 0 aliphatic carbocycles. The number of hydrogen-bond donors (Lipinski definition) is 10. The summed E-state index contributed by atoms with van der Waals surface area (Å²) < 4.78 is 52.5. The van der Waals surface area contributed by atoms with Gasteiger partial charge >= 0.3 is 0 Å². The Kier molecular flexibility index (Phi) is 20.9. The average Bonchev–Trinajstić information content (AvgIpc) is 1.61. The van der Waals surface area contributed by atoms with Crippen LogP contribution < -0.4 is 27.0 Å². The number of ketones is 4. The molecule has 0 fully saturated rings. The quantitative estimate of drug-likeness (QED) is 0.0379. The van der Waals surface area contributed by atoms with E-state index in [9.17, 15) is 86.2 Å². The number of carbonyl (C=O) groups excluding carboxylic acids is 9. The van der Waals surface area contributed by atoms with Crippen LogP contribution >= 0.6 is 92.8 Å². The number of carbonyl (C=O) groups is 9. The van der Waals surface area contributed by atoms with Crippen molar-refractivity contribution in [2.75, 3.05) is 21.3 Å². The highest BCUT2D eigenvalue weighted by molar-refractivity contribution is 6.41. The van der Waals surface area contributed by atoms with Crippen molar-refractivity contribution < 1.29 is 86.2 Å². The topological polar surface area (TPSA) is 329 Å². The van der Waals surface area contributed by atoms with Crippen molar-refractivity contribution in [1.82, 2.24) is 0 Å². The molecule has 0 aromatic heterocycles. The van der Waals surface area contributed by atoms with Gasteiger partial charge in [-0.25, -0.2) is 17.6 Å². The first-order valence-electron chi connectivity index (χ1n) is 27.4. The van der Waals surface area contributed by atoms with Gasteiger partial charge in [-0.3, -0.25) is 43.2 Å². The third kappa shape index (κ3) is 13.9. The van der Waals surface area contributed by atoms with Gasteiger partial charge in [-0.05, 0) is 121 Å². The first-order valence-corrected chi connectivity index (χ1v) is 30.4. The Bertz CT molecular complexity index is 4530. The minimum Gasteiger partial charge on any atom is -0.508 e. The second-order valence-corrected chi connectivity index (χ2v) is 24.8. The van der Waals surface area contributed by atoms with E-state index < -0.39 is 124 Å². The zero-order valence-electron chi connectivity index (χ0n) is 48.1. The second kappa shape index (κ2) is 27.9. The minimum absolute atomic E-state index is 0.0130. The predicted octanol–water partition coefficient (Wildman–Crippen LogP) is 13.0. The number of phenols is 1. The normalized spacial score (nSPS) is 19.0. The number of anilines is 4. The van der Waals surface area contributed by atoms with Gasteiger partial charge in [-0.1, -0.05) is 105 Å². The zero-order valence-corrected chi connectivity index (χ0v) is 54.1. The van der Waals surface area contributed by atoms with Gasteiger partial charge in [0.05, 0.1) is 68.5 Å². The maximum Gasteiger partial charge on any atom is 0.261 e. The molecule has 4 heterocycles. The van der Waals surface area contributed by atoms with Crippen molar-refractivity contribution in [2.45, 2.75) is 48.1 Å². The van der Waals surface area contributed by atoms with E-state index in [2.05, 4.69) is 21.3 Å². The number of nitrogens with two attached hydrogens (primary N) is 1. The number of nitrogens with one attached hydrogen (secondary N) is 4. The van der Waals surface area contributed by atoms with Crippen molar-refractivity contribution >= 4 is 168 Å². The maximum atomic E-state index is 13.3. The molecule has 31 heteroatoms. The molecule has 0 radical (unpaired) electrons. The van der Waals surface area contributed by atoms with Crippen LogP contribution in [0.4, 0.5) is 40.3 Å². The molecular formula is C65H41Cl8F4N5O14. The standard InChI is InChI=1S/C17H12Cl2N2O4.2C16H9Cl2F2NO3.C16H11Cl2NO4/c18-10-5-6-11(19)14-13(10)17(25,16(24)21-14)7-12(22)8-1-3-9(4-2-8)15(20)23;2*17-8-2-3-9(18)14-13(8)16(24,15(23)21-14)6-12(22)7-1-4-10(19)11(20)5-7;17-10-5-6-11(18)14-13(10)16(23,15(22)19-14)7-12(21)8-1-3-9(20)4-2-8/h1-6,25H,7H2,(H2,20,23)(H,21,24);2*1-5,24H,6H2,(H,21,23);1-6,20,23H,7H2,(H,19,22)/t17-;3*16-/m0100/s1. The highest BCUT2D eigenvalue weighted by atomic mass is 35.5. The number of Topliss-reactive ketones (excluding diaryl/α,β-unsaturated/α-hetero) is 4. The van der Waals surface area contributed by atoms with E-state index in [1.54, 1.807) is 0 Å². The first kappa shape index (κ1) is 71.8. The number of halogens is 12. The molecule has 8 aromatic carbocycles. The summed E-state index contributed by atoms with van der Waals surface area (Å²) in [6, 6.07) is 27.8. The van der Waals surface area contributed by atoms with Gasteiger partial charge in [0.15, 0.2) is 68.8 Å². The van der Waals surface area contributed by atoms with Gasteiger partial charge in [0, 0.05) is 70.2 Å². The minimum atomic E-state index is -2.25. The lowest BCUT2D eigenvalue weighted by atomic mass is 9.88. The molecule has 494 valence electrons. The lowest BCUT2D eigenvalue weighted by Crippen LogP contribution is -2.36. The molecule has 0 saturated carbocycles. The number of benzene rings is 8. The fraction of sp³-hybridized carbons (Fsp3) is 0.123. The van der Waals surface area contributed by atoms with Crippen LogP contribution in [0, 0.1) is 23.3 Å². The number of rotatable bonds is 13. The van der Waals surface area contributed by atoms with Crippen LogP contribution in [0.25, 0.3) is 0 Å². The Balaban J connectivity index is 0.000000150.